The molecule has 9 heteroatoms. The number of hydrogen-bond acceptors (Lipinski definition) is 4. The van der Waals surface area contributed by atoms with Crippen LogP contribution >= 0.6 is 39.7 Å². The fourth-order valence-corrected chi connectivity index (χ4v) is 7.92. The van der Waals surface area contributed by atoms with Gasteiger partial charge in [0.2, 0.25) is 0 Å². The van der Waals surface area contributed by atoms with E-state index in [4.69, 9.17) is 28.6 Å². The minimum atomic E-state index is -0.989. The van der Waals surface area contributed by atoms with Crippen LogP contribution in [0.4, 0.5) is 5.69 Å². The summed E-state index contributed by atoms with van der Waals surface area (Å²) in [7, 11) is 0. The number of ether oxygens (including phenoxy) is 1. The molecule has 2 atom stereocenters. The van der Waals surface area contributed by atoms with E-state index in [1.54, 1.807) is 0 Å². The minimum Gasteiger partial charge on any atom is -0.448 e. The third-order valence-electron chi connectivity index (χ3n) is 9.92. The smallest absolute Gasteiger partial charge is 0.313 e. The number of anilines is 1. The maximum absolute atomic E-state index is 13.7. The van der Waals surface area contributed by atoms with Crippen LogP contribution in [-0.4, -0.2) is 58.6 Å². The molecular formula is C27H35BrClN3O3S. The van der Waals surface area contributed by atoms with Crippen molar-refractivity contribution < 1.29 is 14.3 Å². The number of carbonyl (C=O) groups is 2. The van der Waals surface area contributed by atoms with E-state index in [-0.39, 0.29) is 11.9 Å². The number of rotatable bonds is 3. The zero-order valence-corrected chi connectivity index (χ0v) is 24.4. The van der Waals surface area contributed by atoms with Crippen molar-refractivity contribution in [2.45, 2.75) is 64.9 Å². The summed E-state index contributed by atoms with van der Waals surface area (Å²) < 4.78 is 6.79. The number of halogens is 2. The number of hydrogen-bond donors (Lipinski definition) is 1. The predicted molar refractivity (Wildman–Crippen MR) is 149 cm³/mol. The number of fused-ring (bicyclic) bond motifs is 2. The summed E-state index contributed by atoms with van der Waals surface area (Å²) in [5, 5.41) is 4.65. The first kappa shape index (κ1) is 26.2. The first-order valence-corrected chi connectivity index (χ1v) is 14.6. The van der Waals surface area contributed by atoms with E-state index in [0.29, 0.717) is 23.3 Å². The number of nitrogens with one attached hydrogen (secondary N) is 1. The molecule has 0 aromatic heterocycles. The van der Waals surface area contributed by atoms with E-state index in [9.17, 15) is 9.59 Å². The normalized spacial score (nSPS) is 30.4. The number of carbonyl (C=O) groups excluding carboxylic acids is 2. The monoisotopic (exact) mass is 595 g/mol. The van der Waals surface area contributed by atoms with Crippen LogP contribution in [0.3, 0.4) is 0 Å². The molecule has 3 saturated heterocycles. The summed E-state index contributed by atoms with van der Waals surface area (Å²) in [6.45, 7) is 9.38. The van der Waals surface area contributed by atoms with Gasteiger partial charge in [0, 0.05) is 36.1 Å². The van der Waals surface area contributed by atoms with Gasteiger partial charge in [0.25, 0.3) is 5.91 Å². The first-order chi connectivity index (χ1) is 17.0. The van der Waals surface area contributed by atoms with Crippen LogP contribution in [0.15, 0.2) is 22.7 Å². The van der Waals surface area contributed by atoms with Crippen molar-refractivity contribution in [1.82, 2.24) is 9.80 Å². The Morgan fingerprint density at radius 3 is 2.14 bits per heavy atom. The molecule has 6 nitrogen and oxygen atoms in total. The molecule has 1 amide bonds. The lowest BCUT2D eigenvalue weighted by atomic mass is 9.66. The third kappa shape index (κ3) is 4.06. The summed E-state index contributed by atoms with van der Waals surface area (Å²) in [5.74, 6) is 1.08. The fourth-order valence-electron chi connectivity index (χ4n) is 6.91. The number of benzene rings is 1. The Morgan fingerprint density at radius 1 is 1.06 bits per heavy atom. The number of thiocarbonyl (C=S) groups is 1. The van der Waals surface area contributed by atoms with Gasteiger partial charge in [-0.3, -0.25) is 9.59 Å². The van der Waals surface area contributed by atoms with Crippen LogP contribution in [0.1, 0.15) is 59.3 Å². The Labute approximate surface area is 232 Å². The van der Waals surface area contributed by atoms with Gasteiger partial charge in [-0.25, -0.2) is 0 Å². The van der Waals surface area contributed by atoms with Crippen LogP contribution in [0, 0.1) is 22.7 Å². The number of esters is 1. The summed E-state index contributed by atoms with van der Waals surface area (Å²) in [5.41, 5.74) is -1.21. The van der Waals surface area contributed by atoms with Crippen molar-refractivity contribution >= 4 is 62.4 Å². The zero-order chi connectivity index (χ0) is 25.9. The molecular weight excluding hydrogens is 562 g/mol. The van der Waals surface area contributed by atoms with Crippen molar-refractivity contribution in [3.63, 3.8) is 0 Å². The van der Waals surface area contributed by atoms with E-state index in [2.05, 4.69) is 26.1 Å². The van der Waals surface area contributed by atoms with Gasteiger partial charge in [0.05, 0.1) is 16.1 Å². The highest BCUT2D eigenvalue weighted by atomic mass is 79.9. The van der Waals surface area contributed by atoms with Crippen LogP contribution in [0.2, 0.25) is 5.02 Å². The van der Waals surface area contributed by atoms with Crippen molar-refractivity contribution in [3.05, 3.63) is 27.7 Å². The molecule has 3 aliphatic heterocycles. The second-order valence-electron chi connectivity index (χ2n) is 11.7. The van der Waals surface area contributed by atoms with E-state index in [0.717, 1.165) is 73.6 Å². The molecule has 1 aromatic rings. The van der Waals surface area contributed by atoms with Crippen molar-refractivity contribution in [2.24, 2.45) is 22.7 Å². The van der Waals surface area contributed by atoms with Crippen LogP contribution in [0.5, 0.6) is 0 Å². The summed E-state index contributed by atoms with van der Waals surface area (Å²) in [6, 6.07) is 5.74. The predicted octanol–water partition coefficient (Wildman–Crippen LogP) is 5.87. The maximum atomic E-state index is 13.7. The molecule has 4 aliphatic rings. The molecule has 1 aromatic carbocycles. The lowest BCUT2D eigenvalue weighted by Crippen LogP contribution is -2.56. The molecule has 0 radical (unpaired) electrons. The van der Waals surface area contributed by atoms with Gasteiger partial charge >= 0.3 is 5.97 Å². The molecule has 0 spiro atoms. The fraction of sp³-hybridized carbons (Fsp3) is 0.667. The number of amides is 1. The summed E-state index contributed by atoms with van der Waals surface area (Å²) in [6.07, 6.45) is 5.58. The van der Waals surface area contributed by atoms with Crippen LogP contribution < -0.4 is 5.32 Å². The third-order valence-corrected chi connectivity index (χ3v) is 11.1. The minimum absolute atomic E-state index is 0.0263. The van der Waals surface area contributed by atoms with Crippen molar-refractivity contribution in [2.75, 3.05) is 31.5 Å². The molecule has 3 heterocycles. The van der Waals surface area contributed by atoms with Gasteiger partial charge in [-0.05, 0) is 87.7 Å². The molecule has 1 N–H and O–H groups in total. The molecule has 196 valence electrons. The molecule has 1 aliphatic carbocycles. The topological polar surface area (TPSA) is 61.9 Å². The highest BCUT2D eigenvalue weighted by molar-refractivity contribution is 9.10. The standard InChI is InChI=1S/C27H35BrClN3O3S/c1-25(2)26(3)10-11-27(25,35-23(26)34)22(33)31-12-6-17(7-13-31)18-8-14-32(15-9-18)24(36)30-21-5-4-19(28)16-20(21)29/h4-5,16-18H,6-15H2,1-3H3,(H,30,36). The average molecular weight is 597 g/mol. The van der Waals surface area contributed by atoms with Gasteiger partial charge in [-0.1, -0.05) is 41.4 Å². The SMILES string of the molecule is CC12CCC(C(=O)N3CCC(C4CCN(C(=S)Nc5ccc(Br)cc5Cl)CC4)CC3)(OC1=O)C2(C)C. The largest absolute Gasteiger partial charge is 0.448 e. The lowest BCUT2D eigenvalue weighted by molar-refractivity contribution is -0.175. The number of nitrogens with zero attached hydrogens (tertiary/aromatic N) is 2. The van der Waals surface area contributed by atoms with Gasteiger partial charge < -0.3 is 19.9 Å². The summed E-state index contributed by atoms with van der Waals surface area (Å²) in [4.78, 5) is 30.5. The van der Waals surface area contributed by atoms with E-state index < -0.39 is 16.4 Å². The second-order valence-corrected chi connectivity index (χ2v) is 13.4. The first-order valence-electron chi connectivity index (χ1n) is 13.0. The Bertz CT molecular complexity index is 1080. The molecule has 36 heavy (non-hydrogen) atoms. The lowest BCUT2D eigenvalue weighted by Gasteiger charge is -2.44. The summed E-state index contributed by atoms with van der Waals surface area (Å²) >= 11 is 15.4. The quantitative estimate of drug-likeness (QED) is 0.348. The maximum Gasteiger partial charge on any atom is 0.313 e. The van der Waals surface area contributed by atoms with Gasteiger partial charge in [-0.15, -0.1) is 0 Å². The molecule has 2 bridgehead atoms. The number of likely N-dealkylation sites (tertiary alicyclic amines) is 2. The van der Waals surface area contributed by atoms with Crippen molar-refractivity contribution in [1.29, 1.82) is 0 Å². The van der Waals surface area contributed by atoms with Crippen molar-refractivity contribution in [3.8, 4) is 0 Å². The molecule has 4 fully saturated rings. The van der Waals surface area contributed by atoms with E-state index in [1.807, 2.05) is 43.9 Å². The Morgan fingerprint density at radius 2 is 1.64 bits per heavy atom. The Kier molecular flexibility index (Phi) is 6.87. The number of piperidine rings is 2. The highest BCUT2D eigenvalue weighted by Gasteiger charge is 2.76. The molecule has 1 saturated carbocycles. The highest BCUT2D eigenvalue weighted by Crippen LogP contribution is 2.66. The van der Waals surface area contributed by atoms with Gasteiger partial charge in [0.15, 0.2) is 10.7 Å². The zero-order valence-electron chi connectivity index (χ0n) is 21.2. The van der Waals surface area contributed by atoms with Gasteiger partial charge in [0.1, 0.15) is 0 Å². The molecule has 5 rings (SSSR count). The Balaban J connectivity index is 1.13. The average Bonchev–Trinajstić information content (AvgIpc) is 3.16. The Hall–Kier alpha value is -1.38. The van der Waals surface area contributed by atoms with Gasteiger partial charge in [-0.2, -0.15) is 0 Å². The van der Waals surface area contributed by atoms with E-state index in [1.165, 1.54) is 0 Å². The van der Waals surface area contributed by atoms with Crippen LogP contribution in [0.25, 0.3) is 0 Å². The van der Waals surface area contributed by atoms with Crippen LogP contribution in [-0.2, 0) is 14.3 Å². The van der Waals surface area contributed by atoms with E-state index >= 15 is 0 Å². The second kappa shape index (κ2) is 9.42. The molecule has 2 unspecified atom stereocenters.